The van der Waals surface area contributed by atoms with Crippen LogP contribution in [0.4, 0.5) is 0 Å². The molecule has 0 aliphatic heterocycles. The van der Waals surface area contributed by atoms with Crippen molar-refractivity contribution in [2.45, 2.75) is 20.0 Å². The molecular weight excluding hydrogens is 160 g/mol. The van der Waals surface area contributed by atoms with E-state index in [1.807, 2.05) is 25.3 Å². The average molecular weight is 170 g/mol. The fraction of sp³-hybridized carbons (Fsp3) is 0.375. The van der Waals surface area contributed by atoms with Gasteiger partial charge in [-0.3, -0.25) is 4.79 Å². The van der Waals surface area contributed by atoms with E-state index in [0.29, 0.717) is 10.6 Å². The standard InChI is InChI=1S/C8H10O2S/c1-6(2)10-7-3-4-11-8(7)5-9/h3-6H,1-2H3. The molecule has 11 heavy (non-hydrogen) atoms. The highest BCUT2D eigenvalue weighted by Crippen LogP contribution is 2.23. The summed E-state index contributed by atoms with van der Waals surface area (Å²) < 4.78 is 5.36. The van der Waals surface area contributed by atoms with E-state index in [-0.39, 0.29) is 6.10 Å². The van der Waals surface area contributed by atoms with Crippen molar-refractivity contribution in [1.29, 1.82) is 0 Å². The van der Waals surface area contributed by atoms with Crippen LogP contribution >= 0.6 is 11.3 Å². The van der Waals surface area contributed by atoms with Crippen LogP contribution in [0.5, 0.6) is 5.75 Å². The van der Waals surface area contributed by atoms with E-state index in [0.717, 1.165) is 6.29 Å². The van der Waals surface area contributed by atoms with Crippen LogP contribution < -0.4 is 4.74 Å². The molecule has 1 heterocycles. The van der Waals surface area contributed by atoms with E-state index in [2.05, 4.69) is 0 Å². The topological polar surface area (TPSA) is 26.3 Å². The molecule has 1 rings (SSSR count). The van der Waals surface area contributed by atoms with Crippen LogP contribution in [0.25, 0.3) is 0 Å². The smallest absolute Gasteiger partial charge is 0.163 e. The third-order valence-electron chi connectivity index (χ3n) is 1.13. The molecule has 0 bridgehead atoms. The number of thiophene rings is 1. The fourth-order valence-corrected chi connectivity index (χ4v) is 1.37. The number of ether oxygens (including phenoxy) is 1. The van der Waals surface area contributed by atoms with E-state index in [9.17, 15) is 4.79 Å². The minimum Gasteiger partial charge on any atom is -0.489 e. The van der Waals surface area contributed by atoms with Gasteiger partial charge in [0.15, 0.2) is 6.29 Å². The SMILES string of the molecule is CC(C)Oc1ccsc1C=O. The van der Waals surface area contributed by atoms with Crippen molar-refractivity contribution in [3.8, 4) is 5.75 Å². The molecule has 1 aromatic rings. The zero-order valence-electron chi connectivity index (χ0n) is 6.53. The molecule has 1 aromatic heterocycles. The Kier molecular flexibility index (Phi) is 2.65. The van der Waals surface area contributed by atoms with Gasteiger partial charge in [-0.1, -0.05) is 0 Å². The Labute approximate surface area is 69.8 Å². The minimum absolute atomic E-state index is 0.128. The van der Waals surface area contributed by atoms with Gasteiger partial charge in [-0.25, -0.2) is 0 Å². The Morgan fingerprint density at radius 3 is 2.91 bits per heavy atom. The van der Waals surface area contributed by atoms with E-state index in [1.165, 1.54) is 11.3 Å². The molecule has 0 saturated carbocycles. The first-order chi connectivity index (χ1) is 5.24. The summed E-state index contributed by atoms with van der Waals surface area (Å²) in [6.45, 7) is 3.87. The molecule has 0 spiro atoms. The lowest BCUT2D eigenvalue weighted by Crippen LogP contribution is -2.05. The minimum atomic E-state index is 0.128. The average Bonchev–Trinajstić information content (AvgIpc) is 2.34. The highest BCUT2D eigenvalue weighted by atomic mass is 32.1. The second kappa shape index (κ2) is 3.53. The van der Waals surface area contributed by atoms with Crippen LogP contribution in [0.15, 0.2) is 11.4 Å². The summed E-state index contributed by atoms with van der Waals surface area (Å²) in [4.78, 5) is 11.1. The summed E-state index contributed by atoms with van der Waals surface area (Å²) in [5.74, 6) is 0.694. The van der Waals surface area contributed by atoms with Gasteiger partial charge in [0.05, 0.1) is 6.10 Å². The normalized spacial score (nSPS) is 10.1. The van der Waals surface area contributed by atoms with Gasteiger partial charge >= 0.3 is 0 Å². The van der Waals surface area contributed by atoms with Crippen LogP contribution in [0.1, 0.15) is 23.5 Å². The number of rotatable bonds is 3. The maximum atomic E-state index is 10.4. The summed E-state index contributed by atoms with van der Waals surface area (Å²) in [5.41, 5.74) is 0. The van der Waals surface area contributed by atoms with Crippen molar-refractivity contribution in [2.75, 3.05) is 0 Å². The maximum absolute atomic E-state index is 10.4. The summed E-state index contributed by atoms with van der Waals surface area (Å²) >= 11 is 1.40. The number of carbonyl (C=O) groups is 1. The lowest BCUT2D eigenvalue weighted by molar-refractivity contribution is 0.112. The van der Waals surface area contributed by atoms with Gasteiger partial charge in [0.1, 0.15) is 10.6 Å². The summed E-state index contributed by atoms with van der Waals surface area (Å²) in [7, 11) is 0. The number of carbonyl (C=O) groups excluding carboxylic acids is 1. The highest BCUT2D eigenvalue weighted by Gasteiger charge is 2.04. The van der Waals surface area contributed by atoms with Gasteiger partial charge in [0, 0.05) is 0 Å². The van der Waals surface area contributed by atoms with Crippen LogP contribution in [-0.2, 0) is 0 Å². The van der Waals surface area contributed by atoms with Crippen molar-refractivity contribution in [1.82, 2.24) is 0 Å². The Morgan fingerprint density at radius 1 is 1.64 bits per heavy atom. The van der Waals surface area contributed by atoms with E-state index in [1.54, 1.807) is 0 Å². The molecular formula is C8H10O2S. The molecule has 0 amide bonds. The predicted molar refractivity (Wildman–Crippen MR) is 45.5 cm³/mol. The zero-order valence-corrected chi connectivity index (χ0v) is 7.35. The Balaban J connectivity index is 2.76. The van der Waals surface area contributed by atoms with Crippen molar-refractivity contribution in [3.05, 3.63) is 16.3 Å². The molecule has 0 fully saturated rings. The highest BCUT2D eigenvalue weighted by molar-refractivity contribution is 7.12. The molecule has 3 heteroatoms. The number of aldehydes is 1. The third kappa shape index (κ3) is 2.05. The number of hydrogen-bond acceptors (Lipinski definition) is 3. The molecule has 0 aromatic carbocycles. The second-order valence-electron chi connectivity index (χ2n) is 2.43. The van der Waals surface area contributed by atoms with Gasteiger partial charge < -0.3 is 4.74 Å². The lowest BCUT2D eigenvalue weighted by Gasteiger charge is -2.07. The Hall–Kier alpha value is -0.830. The van der Waals surface area contributed by atoms with Crippen LogP contribution in [0.3, 0.4) is 0 Å². The molecule has 0 unspecified atom stereocenters. The van der Waals surface area contributed by atoms with Gasteiger partial charge in [-0.15, -0.1) is 11.3 Å². The van der Waals surface area contributed by atoms with Crippen molar-refractivity contribution < 1.29 is 9.53 Å². The quantitative estimate of drug-likeness (QED) is 0.651. The zero-order chi connectivity index (χ0) is 8.27. The van der Waals surface area contributed by atoms with E-state index in [4.69, 9.17) is 4.74 Å². The van der Waals surface area contributed by atoms with E-state index >= 15 is 0 Å². The summed E-state index contributed by atoms with van der Waals surface area (Å²) in [6, 6.07) is 1.81. The van der Waals surface area contributed by atoms with Gasteiger partial charge in [0.25, 0.3) is 0 Å². The first-order valence-electron chi connectivity index (χ1n) is 3.43. The molecule has 60 valence electrons. The fourth-order valence-electron chi connectivity index (χ4n) is 0.746. The van der Waals surface area contributed by atoms with Gasteiger partial charge in [-0.2, -0.15) is 0 Å². The molecule has 0 saturated heterocycles. The predicted octanol–water partition coefficient (Wildman–Crippen LogP) is 2.35. The maximum Gasteiger partial charge on any atom is 0.163 e. The van der Waals surface area contributed by atoms with Gasteiger partial charge in [0.2, 0.25) is 0 Å². The Bertz CT molecular complexity index is 240. The van der Waals surface area contributed by atoms with Crippen molar-refractivity contribution in [2.24, 2.45) is 0 Å². The number of hydrogen-bond donors (Lipinski definition) is 0. The van der Waals surface area contributed by atoms with Crippen molar-refractivity contribution in [3.63, 3.8) is 0 Å². The molecule has 0 aliphatic rings. The molecule has 2 nitrogen and oxygen atoms in total. The van der Waals surface area contributed by atoms with Crippen LogP contribution in [-0.4, -0.2) is 12.4 Å². The summed E-state index contributed by atoms with van der Waals surface area (Å²) in [5, 5.41) is 1.85. The lowest BCUT2D eigenvalue weighted by atomic mass is 10.4. The summed E-state index contributed by atoms with van der Waals surface area (Å²) in [6.07, 6.45) is 0.950. The first kappa shape index (κ1) is 8.27. The third-order valence-corrected chi connectivity index (χ3v) is 1.95. The van der Waals surface area contributed by atoms with Gasteiger partial charge in [-0.05, 0) is 25.3 Å². The van der Waals surface area contributed by atoms with Crippen LogP contribution in [0.2, 0.25) is 0 Å². The largest absolute Gasteiger partial charge is 0.489 e. The monoisotopic (exact) mass is 170 g/mol. The van der Waals surface area contributed by atoms with E-state index < -0.39 is 0 Å². The van der Waals surface area contributed by atoms with Crippen LogP contribution in [0, 0.1) is 0 Å². The molecule has 0 atom stereocenters. The molecule has 0 radical (unpaired) electrons. The molecule has 0 aliphatic carbocycles. The second-order valence-corrected chi connectivity index (χ2v) is 3.38. The Morgan fingerprint density at radius 2 is 2.36 bits per heavy atom. The van der Waals surface area contributed by atoms with Crippen molar-refractivity contribution >= 4 is 17.6 Å². The first-order valence-corrected chi connectivity index (χ1v) is 4.31. The molecule has 0 N–H and O–H groups in total.